The van der Waals surface area contributed by atoms with Gasteiger partial charge in [-0.1, -0.05) is 11.6 Å². The third-order valence-electron chi connectivity index (χ3n) is 5.94. The zero-order chi connectivity index (χ0) is 22.6. The number of carboxylic acid groups (broad SMARTS) is 1. The van der Waals surface area contributed by atoms with Crippen LogP contribution in [0.4, 0.5) is 10.1 Å². The van der Waals surface area contributed by atoms with Gasteiger partial charge in [-0.2, -0.15) is 0 Å². The number of furan rings is 1. The first kappa shape index (κ1) is 20.6. The summed E-state index contributed by atoms with van der Waals surface area (Å²) >= 11 is 6.65. The standard InChI is InChI=1S/C22H19ClFN3O5/c23-17-18-13(20(28)14(22(30)31)10-27(18)12-3-4-12)8-15(24)19(17)26-6-5-11(9-26)25-21(29)16-2-1-7-32-16/h1-2,7-8,10-12H,3-6,9H2,(H,25,29)(H,30,31). The highest BCUT2D eigenvalue weighted by Gasteiger charge is 2.32. The molecule has 8 nitrogen and oxygen atoms in total. The number of amides is 1. The smallest absolute Gasteiger partial charge is 0.341 e. The molecule has 1 saturated heterocycles. The molecule has 1 aromatic carbocycles. The third-order valence-corrected chi connectivity index (χ3v) is 6.30. The fourth-order valence-corrected chi connectivity index (χ4v) is 4.67. The van der Waals surface area contributed by atoms with Crippen molar-refractivity contribution in [1.29, 1.82) is 0 Å². The van der Waals surface area contributed by atoms with Crippen molar-refractivity contribution in [2.75, 3.05) is 18.0 Å². The third kappa shape index (κ3) is 3.42. The molecular formula is C22H19ClFN3O5. The van der Waals surface area contributed by atoms with Crippen molar-refractivity contribution in [3.8, 4) is 0 Å². The van der Waals surface area contributed by atoms with Gasteiger partial charge in [0, 0.05) is 31.4 Å². The normalized spacial score (nSPS) is 18.3. The van der Waals surface area contributed by atoms with E-state index in [4.69, 9.17) is 16.0 Å². The van der Waals surface area contributed by atoms with E-state index in [-0.39, 0.29) is 39.8 Å². The topological polar surface area (TPSA) is 105 Å². The highest BCUT2D eigenvalue weighted by atomic mass is 35.5. The number of carbonyl (C=O) groups is 2. The Morgan fingerprint density at radius 2 is 2.06 bits per heavy atom. The Kier molecular flexibility index (Phi) is 4.93. The van der Waals surface area contributed by atoms with Crippen molar-refractivity contribution in [2.24, 2.45) is 0 Å². The van der Waals surface area contributed by atoms with Gasteiger partial charge in [0.15, 0.2) is 5.76 Å². The Balaban J connectivity index is 1.52. The van der Waals surface area contributed by atoms with Crippen molar-refractivity contribution in [2.45, 2.75) is 31.3 Å². The molecule has 3 aromatic rings. The van der Waals surface area contributed by atoms with Gasteiger partial charge in [0.2, 0.25) is 5.43 Å². The molecule has 0 bridgehead atoms. The van der Waals surface area contributed by atoms with Crippen LogP contribution in [0.5, 0.6) is 0 Å². The van der Waals surface area contributed by atoms with Crippen molar-refractivity contribution < 1.29 is 23.5 Å². The largest absolute Gasteiger partial charge is 0.477 e. The summed E-state index contributed by atoms with van der Waals surface area (Å²) in [4.78, 5) is 38.2. The minimum absolute atomic E-state index is 0.0194. The number of rotatable bonds is 5. The number of halogens is 2. The molecule has 0 radical (unpaired) electrons. The minimum atomic E-state index is -1.36. The molecule has 1 aliphatic carbocycles. The van der Waals surface area contributed by atoms with E-state index in [1.165, 1.54) is 12.5 Å². The lowest BCUT2D eigenvalue weighted by Crippen LogP contribution is -2.37. The summed E-state index contributed by atoms with van der Waals surface area (Å²) in [6.07, 6.45) is 4.94. The van der Waals surface area contributed by atoms with Crippen LogP contribution < -0.4 is 15.6 Å². The minimum Gasteiger partial charge on any atom is -0.477 e. The summed E-state index contributed by atoms with van der Waals surface area (Å²) in [5.41, 5.74) is -0.689. The summed E-state index contributed by atoms with van der Waals surface area (Å²) in [5.74, 6) is -2.22. The van der Waals surface area contributed by atoms with E-state index in [0.29, 0.717) is 25.0 Å². The summed E-state index contributed by atoms with van der Waals surface area (Å²) < 4.78 is 22.0. The summed E-state index contributed by atoms with van der Waals surface area (Å²) in [6.45, 7) is 0.779. The molecule has 1 atom stereocenters. The zero-order valence-electron chi connectivity index (χ0n) is 16.8. The first-order valence-electron chi connectivity index (χ1n) is 10.2. The Bertz CT molecular complexity index is 1300. The molecule has 0 spiro atoms. The summed E-state index contributed by atoms with van der Waals surface area (Å²) in [5, 5.41) is 12.3. The van der Waals surface area contributed by atoms with Crippen LogP contribution in [0.25, 0.3) is 10.9 Å². The second-order valence-electron chi connectivity index (χ2n) is 8.12. The van der Waals surface area contributed by atoms with Gasteiger partial charge in [-0.3, -0.25) is 9.59 Å². The van der Waals surface area contributed by atoms with E-state index in [1.54, 1.807) is 21.6 Å². The SMILES string of the molecule is O=C(NC1CCN(c2c(F)cc3c(=O)c(C(=O)O)cn(C4CC4)c3c2Cl)C1)c1ccco1. The van der Waals surface area contributed by atoms with Crippen LogP contribution >= 0.6 is 11.6 Å². The summed E-state index contributed by atoms with van der Waals surface area (Å²) in [6, 6.07) is 4.03. The predicted molar refractivity (Wildman–Crippen MR) is 115 cm³/mol. The maximum Gasteiger partial charge on any atom is 0.341 e. The van der Waals surface area contributed by atoms with E-state index < -0.39 is 22.8 Å². The van der Waals surface area contributed by atoms with E-state index in [2.05, 4.69) is 5.32 Å². The van der Waals surface area contributed by atoms with Crippen LogP contribution in [0, 0.1) is 5.82 Å². The fourth-order valence-electron chi connectivity index (χ4n) is 4.26. The van der Waals surface area contributed by atoms with Crippen LogP contribution in [0.1, 0.15) is 46.2 Å². The van der Waals surface area contributed by atoms with Crippen molar-refractivity contribution in [3.05, 3.63) is 63.0 Å². The Morgan fingerprint density at radius 3 is 2.72 bits per heavy atom. The molecule has 5 rings (SSSR count). The molecule has 2 aromatic heterocycles. The van der Waals surface area contributed by atoms with E-state index in [0.717, 1.165) is 18.9 Å². The van der Waals surface area contributed by atoms with Crippen LogP contribution in [-0.4, -0.2) is 40.7 Å². The molecule has 166 valence electrons. The van der Waals surface area contributed by atoms with E-state index in [9.17, 15) is 19.5 Å². The van der Waals surface area contributed by atoms with Gasteiger partial charge < -0.3 is 24.3 Å². The van der Waals surface area contributed by atoms with Crippen molar-refractivity contribution in [1.82, 2.24) is 9.88 Å². The van der Waals surface area contributed by atoms with Gasteiger partial charge in [-0.25, -0.2) is 9.18 Å². The first-order valence-corrected chi connectivity index (χ1v) is 10.6. The van der Waals surface area contributed by atoms with Gasteiger partial charge in [-0.15, -0.1) is 0 Å². The maximum absolute atomic E-state index is 15.2. The number of nitrogens with one attached hydrogen (secondary N) is 1. The number of carbonyl (C=O) groups excluding carboxylic acids is 1. The molecule has 1 saturated carbocycles. The molecule has 1 amide bonds. The second-order valence-corrected chi connectivity index (χ2v) is 8.49. The summed E-state index contributed by atoms with van der Waals surface area (Å²) in [7, 11) is 0. The van der Waals surface area contributed by atoms with Gasteiger partial charge in [0.05, 0.1) is 27.9 Å². The number of benzene rings is 1. The lowest BCUT2D eigenvalue weighted by molar-refractivity contribution is 0.0694. The number of anilines is 1. The maximum atomic E-state index is 15.2. The molecule has 32 heavy (non-hydrogen) atoms. The number of aromatic nitrogens is 1. The van der Waals surface area contributed by atoms with Gasteiger partial charge in [0.25, 0.3) is 5.91 Å². The van der Waals surface area contributed by atoms with Gasteiger partial charge in [0.1, 0.15) is 11.4 Å². The monoisotopic (exact) mass is 459 g/mol. The average molecular weight is 460 g/mol. The molecule has 2 fully saturated rings. The fraction of sp³-hybridized carbons (Fsp3) is 0.318. The van der Waals surface area contributed by atoms with Gasteiger partial charge in [-0.05, 0) is 37.5 Å². The Labute approximate surface area is 186 Å². The molecule has 2 aliphatic rings. The quantitative estimate of drug-likeness (QED) is 0.605. The number of hydrogen-bond donors (Lipinski definition) is 2. The number of aromatic carboxylic acids is 1. The average Bonchev–Trinajstić information content (AvgIpc) is 3.24. The van der Waals surface area contributed by atoms with E-state index in [1.807, 2.05) is 0 Å². The lowest BCUT2D eigenvalue weighted by Gasteiger charge is -2.23. The van der Waals surface area contributed by atoms with Crippen molar-refractivity contribution >= 4 is 40.1 Å². The van der Waals surface area contributed by atoms with E-state index >= 15 is 4.39 Å². The van der Waals surface area contributed by atoms with Crippen LogP contribution in [0.3, 0.4) is 0 Å². The molecular weight excluding hydrogens is 441 g/mol. The molecule has 1 unspecified atom stereocenters. The van der Waals surface area contributed by atoms with Crippen LogP contribution in [0.15, 0.2) is 39.9 Å². The Hall–Kier alpha value is -3.33. The number of carboxylic acids is 1. The van der Waals surface area contributed by atoms with Crippen molar-refractivity contribution in [3.63, 3.8) is 0 Å². The molecule has 1 aliphatic heterocycles. The number of fused-ring (bicyclic) bond motifs is 1. The van der Waals surface area contributed by atoms with Crippen LogP contribution in [0.2, 0.25) is 5.02 Å². The zero-order valence-corrected chi connectivity index (χ0v) is 17.6. The van der Waals surface area contributed by atoms with Gasteiger partial charge >= 0.3 is 5.97 Å². The molecule has 2 N–H and O–H groups in total. The number of pyridine rings is 1. The highest BCUT2D eigenvalue weighted by molar-refractivity contribution is 6.38. The van der Waals surface area contributed by atoms with Crippen LogP contribution in [-0.2, 0) is 0 Å². The molecule has 10 heteroatoms. The second kappa shape index (κ2) is 7.67. The first-order chi connectivity index (χ1) is 15.3. The highest BCUT2D eigenvalue weighted by Crippen LogP contribution is 2.42. The predicted octanol–water partition coefficient (Wildman–Crippen LogP) is 3.43. The Morgan fingerprint density at radius 1 is 1.28 bits per heavy atom. The molecule has 3 heterocycles. The lowest BCUT2D eigenvalue weighted by atomic mass is 10.1. The number of hydrogen-bond acceptors (Lipinski definition) is 5. The number of nitrogens with zero attached hydrogens (tertiary/aromatic N) is 2.